The zero-order chi connectivity index (χ0) is 8.39. The van der Waals surface area contributed by atoms with Crippen LogP contribution in [0, 0.1) is 0 Å². The number of fused-ring (bicyclic) bond motifs is 1. The van der Waals surface area contributed by atoms with Crippen molar-refractivity contribution in [3.05, 3.63) is 23.8 Å². The molecule has 2 rings (SSSR count). The van der Waals surface area contributed by atoms with Gasteiger partial charge in [-0.2, -0.15) is 0 Å². The van der Waals surface area contributed by atoms with Gasteiger partial charge in [-0.15, -0.1) is 0 Å². The van der Waals surface area contributed by atoms with Crippen molar-refractivity contribution in [1.82, 2.24) is 0 Å². The molecule has 0 saturated carbocycles. The molecule has 0 bridgehead atoms. The van der Waals surface area contributed by atoms with Crippen LogP contribution in [0.15, 0.2) is 18.2 Å². The third-order valence-electron chi connectivity index (χ3n) is 2.12. The van der Waals surface area contributed by atoms with Gasteiger partial charge in [0, 0.05) is 5.56 Å². The summed E-state index contributed by atoms with van der Waals surface area (Å²) in [6.45, 7) is 0.820. The van der Waals surface area contributed by atoms with E-state index in [-0.39, 0.29) is 0 Å². The molecule has 0 radical (unpaired) electrons. The monoisotopic (exact) mass is 164 g/mol. The van der Waals surface area contributed by atoms with Crippen molar-refractivity contribution in [1.29, 1.82) is 0 Å². The Balaban J connectivity index is 2.44. The average molecular weight is 164 g/mol. The second-order valence-corrected chi connectivity index (χ2v) is 2.88. The Morgan fingerprint density at radius 1 is 1.42 bits per heavy atom. The van der Waals surface area contributed by atoms with E-state index >= 15 is 0 Å². The van der Waals surface area contributed by atoms with Gasteiger partial charge in [0.15, 0.2) is 0 Å². The fourth-order valence-corrected chi connectivity index (χ4v) is 1.53. The van der Waals surface area contributed by atoms with Crippen molar-refractivity contribution in [2.75, 3.05) is 12.0 Å². The first-order valence-electron chi connectivity index (χ1n) is 4.13. The Labute approximate surface area is 71.5 Å². The highest BCUT2D eigenvalue weighted by Crippen LogP contribution is 2.30. The Bertz CT molecular complexity index is 272. The van der Waals surface area contributed by atoms with Crippen LogP contribution in [0.2, 0.25) is 0 Å². The van der Waals surface area contributed by atoms with Crippen LogP contribution in [0.3, 0.4) is 0 Å². The summed E-state index contributed by atoms with van der Waals surface area (Å²) in [5, 5.41) is 0. The van der Waals surface area contributed by atoms with Crippen LogP contribution < -0.4 is 16.0 Å². The third kappa shape index (κ3) is 1.12. The minimum Gasteiger partial charge on any atom is -0.493 e. The maximum atomic E-state index is 5.47. The van der Waals surface area contributed by atoms with Gasteiger partial charge in [0.1, 0.15) is 5.75 Å². The summed E-state index contributed by atoms with van der Waals surface area (Å²) in [4.78, 5) is 0. The van der Waals surface area contributed by atoms with Gasteiger partial charge in [-0.05, 0) is 25.0 Å². The summed E-state index contributed by atoms with van der Waals surface area (Å²) in [5.74, 6) is 6.34. The van der Waals surface area contributed by atoms with E-state index in [4.69, 9.17) is 10.6 Å². The van der Waals surface area contributed by atoms with Crippen molar-refractivity contribution in [2.45, 2.75) is 12.8 Å². The SMILES string of the molecule is NNc1cccc2c1CCCO2. The number of anilines is 1. The number of nitrogens with two attached hydrogens (primary N) is 1. The van der Waals surface area contributed by atoms with Gasteiger partial charge in [0.2, 0.25) is 0 Å². The number of nitrogens with one attached hydrogen (secondary N) is 1. The van der Waals surface area contributed by atoms with Crippen LogP contribution in [-0.4, -0.2) is 6.61 Å². The molecule has 0 aromatic heterocycles. The van der Waals surface area contributed by atoms with Crippen molar-refractivity contribution < 1.29 is 4.74 Å². The summed E-state index contributed by atoms with van der Waals surface area (Å²) in [6, 6.07) is 5.89. The van der Waals surface area contributed by atoms with Crippen molar-refractivity contribution in [2.24, 2.45) is 5.84 Å². The first kappa shape index (κ1) is 7.43. The highest BCUT2D eigenvalue weighted by Gasteiger charge is 2.12. The van der Waals surface area contributed by atoms with E-state index in [1.165, 1.54) is 5.56 Å². The number of nitrogen functional groups attached to an aromatic ring is 1. The zero-order valence-corrected chi connectivity index (χ0v) is 6.84. The van der Waals surface area contributed by atoms with Crippen LogP contribution in [0.5, 0.6) is 5.75 Å². The predicted molar refractivity (Wildman–Crippen MR) is 48.1 cm³/mol. The summed E-state index contributed by atoms with van der Waals surface area (Å²) >= 11 is 0. The summed E-state index contributed by atoms with van der Waals surface area (Å²) in [6.07, 6.45) is 2.13. The Kier molecular flexibility index (Phi) is 1.87. The third-order valence-corrected chi connectivity index (χ3v) is 2.12. The van der Waals surface area contributed by atoms with Crippen molar-refractivity contribution in [3.8, 4) is 5.75 Å². The number of rotatable bonds is 1. The second-order valence-electron chi connectivity index (χ2n) is 2.88. The lowest BCUT2D eigenvalue weighted by Gasteiger charge is -2.19. The van der Waals surface area contributed by atoms with Crippen molar-refractivity contribution in [3.63, 3.8) is 0 Å². The molecule has 0 saturated heterocycles. The molecule has 0 atom stereocenters. The molecule has 1 heterocycles. The van der Waals surface area contributed by atoms with Crippen LogP contribution >= 0.6 is 0 Å². The van der Waals surface area contributed by atoms with Gasteiger partial charge in [-0.25, -0.2) is 0 Å². The minimum atomic E-state index is 0.820. The average Bonchev–Trinajstić information content (AvgIpc) is 2.17. The molecule has 1 aromatic carbocycles. The molecule has 0 aliphatic carbocycles. The molecule has 0 unspecified atom stereocenters. The molecule has 3 nitrogen and oxygen atoms in total. The quantitative estimate of drug-likeness (QED) is 0.485. The van der Waals surface area contributed by atoms with Gasteiger partial charge >= 0.3 is 0 Å². The standard InChI is InChI=1S/C9H12N2O/c10-11-8-4-1-5-9-7(8)3-2-6-12-9/h1,4-5,11H,2-3,6,10H2. The van der Waals surface area contributed by atoms with Crippen LogP contribution in [0.1, 0.15) is 12.0 Å². The lowest BCUT2D eigenvalue weighted by atomic mass is 10.0. The molecule has 1 aliphatic heterocycles. The van der Waals surface area contributed by atoms with Gasteiger partial charge < -0.3 is 10.2 Å². The van der Waals surface area contributed by atoms with Gasteiger partial charge in [0.05, 0.1) is 12.3 Å². The lowest BCUT2D eigenvalue weighted by molar-refractivity contribution is 0.289. The largest absolute Gasteiger partial charge is 0.493 e. The molecule has 3 heteroatoms. The van der Waals surface area contributed by atoms with Crippen molar-refractivity contribution >= 4 is 5.69 Å². The molecular formula is C9H12N2O. The van der Waals surface area contributed by atoms with E-state index in [0.29, 0.717) is 0 Å². The summed E-state index contributed by atoms with van der Waals surface area (Å²) in [7, 11) is 0. The van der Waals surface area contributed by atoms with Crippen LogP contribution in [0.4, 0.5) is 5.69 Å². The first-order chi connectivity index (χ1) is 5.92. The van der Waals surface area contributed by atoms with E-state index in [0.717, 1.165) is 30.9 Å². The van der Waals surface area contributed by atoms with E-state index in [1.54, 1.807) is 0 Å². The molecule has 12 heavy (non-hydrogen) atoms. The molecule has 0 spiro atoms. The molecule has 64 valence electrons. The van der Waals surface area contributed by atoms with Gasteiger partial charge in [-0.3, -0.25) is 5.84 Å². The maximum Gasteiger partial charge on any atom is 0.124 e. The number of ether oxygens (including phenoxy) is 1. The van der Waals surface area contributed by atoms with E-state index in [1.807, 2.05) is 18.2 Å². The van der Waals surface area contributed by atoms with Crippen LogP contribution in [0.25, 0.3) is 0 Å². The number of benzene rings is 1. The molecule has 0 amide bonds. The van der Waals surface area contributed by atoms with Gasteiger partial charge in [0.25, 0.3) is 0 Å². The topological polar surface area (TPSA) is 47.3 Å². The van der Waals surface area contributed by atoms with E-state index in [2.05, 4.69) is 5.43 Å². The van der Waals surface area contributed by atoms with Crippen LogP contribution in [-0.2, 0) is 6.42 Å². The Hall–Kier alpha value is -1.22. The normalized spacial score (nSPS) is 14.8. The zero-order valence-electron chi connectivity index (χ0n) is 6.84. The molecular weight excluding hydrogens is 152 g/mol. The smallest absolute Gasteiger partial charge is 0.124 e. The number of hydrogen-bond acceptors (Lipinski definition) is 3. The van der Waals surface area contributed by atoms with E-state index < -0.39 is 0 Å². The van der Waals surface area contributed by atoms with E-state index in [9.17, 15) is 0 Å². The fraction of sp³-hybridized carbons (Fsp3) is 0.333. The molecule has 0 fully saturated rings. The molecule has 1 aromatic rings. The summed E-state index contributed by atoms with van der Waals surface area (Å²) < 4.78 is 5.47. The maximum absolute atomic E-state index is 5.47. The lowest BCUT2D eigenvalue weighted by Crippen LogP contribution is -2.14. The van der Waals surface area contributed by atoms with Gasteiger partial charge in [-0.1, -0.05) is 6.07 Å². The molecule has 3 N–H and O–H groups in total. The number of hydrogen-bond donors (Lipinski definition) is 2. The predicted octanol–water partition coefficient (Wildman–Crippen LogP) is 1.30. The fourth-order valence-electron chi connectivity index (χ4n) is 1.53. The first-order valence-corrected chi connectivity index (χ1v) is 4.13. The molecule has 1 aliphatic rings. The second kappa shape index (κ2) is 3.03. The highest BCUT2D eigenvalue weighted by molar-refractivity contribution is 5.57. The highest BCUT2D eigenvalue weighted by atomic mass is 16.5. The summed E-state index contributed by atoms with van der Waals surface area (Å²) in [5.41, 5.74) is 4.85. The number of hydrazine groups is 1. The Morgan fingerprint density at radius 3 is 3.17 bits per heavy atom. The Morgan fingerprint density at radius 2 is 2.33 bits per heavy atom. The minimum absolute atomic E-state index is 0.820.